The molecule has 38 heavy (non-hydrogen) atoms. The average Bonchev–Trinajstić information content (AvgIpc) is 3.67. The highest BCUT2D eigenvalue weighted by atomic mass is 16.5. The Morgan fingerprint density at radius 1 is 1.05 bits per heavy atom. The van der Waals surface area contributed by atoms with Gasteiger partial charge >= 0.3 is 0 Å². The van der Waals surface area contributed by atoms with E-state index in [4.69, 9.17) is 13.9 Å². The molecule has 1 aliphatic heterocycles. The number of ether oxygens (including phenoxy) is 2. The lowest BCUT2D eigenvalue weighted by Crippen LogP contribution is -2.46. The van der Waals surface area contributed by atoms with Crippen molar-refractivity contribution >= 4 is 23.2 Å². The number of nitrogens with zero attached hydrogens (tertiary/aromatic N) is 2. The number of amides is 2. The molecule has 1 aliphatic carbocycles. The van der Waals surface area contributed by atoms with Gasteiger partial charge in [0.05, 0.1) is 32.3 Å². The molecule has 0 unspecified atom stereocenters. The molecule has 1 saturated heterocycles. The summed E-state index contributed by atoms with van der Waals surface area (Å²) in [6.45, 7) is 4.95. The molecule has 2 aliphatic rings. The number of carbonyl (C=O) groups is 2. The van der Waals surface area contributed by atoms with Crippen molar-refractivity contribution in [3.63, 3.8) is 0 Å². The Morgan fingerprint density at radius 2 is 1.79 bits per heavy atom. The lowest BCUT2D eigenvalue weighted by Gasteiger charge is -2.33. The van der Waals surface area contributed by atoms with Crippen LogP contribution in [-0.4, -0.2) is 51.3 Å². The second-order valence-corrected chi connectivity index (χ2v) is 9.91. The maximum absolute atomic E-state index is 14.1. The van der Waals surface area contributed by atoms with Crippen molar-refractivity contribution in [2.45, 2.75) is 44.7 Å². The van der Waals surface area contributed by atoms with E-state index in [-0.39, 0.29) is 17.7 Å². The summed E-state index contributed by atoms with van der Waals surface area (Å²) in [5, 5.41) is 3.23. The number of methoxy groups -OCH3 is 1. The van der Waals surface area contributed by atoms with Crippen LogP contribution < -0.4 is 19.9 Å². The van der Waals surface area contributed by atoms with E-state index < -0.39 is 11.9 Å². The summed E-state index contributed by atoms with van der Waals surface area (Å²) in [6, 6.07) is 16.0. The van der Waals surface area contributed by atoms with E-state index in [9.17, 15) is 9.59 Å². The van der Waals surface area contributed by atoms with Gasteiger partial charge in [-0.2, -0.15) is 0 Å². The second-order valence-electron chi connectivity index (χ2n) is 9.91. The predicted molar refractivity (Wildman–Crippen MR) is 146 cm³/mol. The van der Waals surface area contributed by atoms with Gasteiger partial charge in [-0.3, -0.25) is 14.5 Å². The van der Waals surface area contributed by atoms with E-state index in [0.717, 1.165) is 50.0 Å². The summed E-state index contributed by atoms with van der Waals surface area (Å²) in [5.41, 5.74) is 3.22. The van der Waals surface area contributed by atoms with Gasteiger partial charge < -0.3 is 24.1 Å². The number of anilines is 2. The average molecular weight is 518 g/mol. The standard InChI is InChI=1S/C30H35N3O5/c1-21-9-14-26(36-2)25(20-21)33(30(35)27-8-5-17-38-27)28(29(34)31-23-6-3-4-7-23)22-10-12-24(13-11-22)32-15-18-37-19-16-32/h5,8-14,17,20,23,28H,3-4,6-7,15-16,18-19H2,1-2H3,(H,31,34)/t28-/m1/s1. The molecule has 0 bridgehead atoms. The molecule has 0 radical (unpaired) electrons. The third-order valence-corrected chi connectivity index (χ3v) is 7.34. The number of morpholine rings is 1. The van der Waals surface area contributed by atoms with Crippen molar-refractivity contribution in [1.82, 2.24) is 5.32 Å². The minimum absolute atomic E-state index is 0.0950. The Kier molecular flexibility index (Phi) is 7.98. The molecule has 200 valence electrons. The number of hydrogen-bond acceptors (Lipinski definition) is 6. The van der Waals surface area contributed by atoms with Crippen molar-refractivity contribution in [2.24, 2.45) is 0 Å². The molecule has 0 spiro atoms. The van der Waals surface area contributed by atoms with Gasteiger partial charge in [0.1, 0.15) is 11.8 Å². The Hall–Kier alpha value is -3.78. The molecule has 3 aromatic rings. The van der Waals surface area contributed by atoms with Crippen LogP contribution >= 0.6 is 0 Å². The van der Waals surface area contributed by atoms with Gasteiger partial charge in [-0.05, 0) is 67.3 Å². The summed E-state index contributed by atoms with van der Waals surface area (Å²) >= 11 is 0. The SMILES string of the molecule is COc1ccc(C)cc1N(C(=O)c1ccco1)[C@@H](C(=O)NC1CCCC1)c1ccc(N2CCOCC2)cc1. The zero-order chi connectivity index (χ0) is 26.5. The van der Waals surface area contributed by atoms with Gasteiger partial charge in [0, 0.05) is 24.8 Å². The number of aryl methyl sites for hydroxylation is 1. The molecule has 1 atom stereocenters. The number of rotatable bonds is 8. The van der Waals surface area contributed by atoms with Gasteiger partial charge in [0.2, 0.25) is 5.91 Å². The van der Waals surface area contributed by atoms with Gasteiger partial charge in [-0.15, -0.1) is 0 Å². The van der Waals surface area contributed by atoms with E-state index in [1.807, 2.05) is 49.4 Å². The molecule has 1 saturated carbocycles. The highest BCUT2D eigenvalue weighted by molar-refractivity contribution is 6.09. The molecule has 1 N–H and O–H groups in total. The van der Waals surface area contributed by atoms with Crippen molar-refractivity contribution in [3.8, 4) is 5.75 Å². The molecule has 5 rings (SSSR count). The predicted octanol–water partition coefficient (Wildman–Crippen LogP) is 4.88. The number of furan rings is 1. The van der Waals surface area contributed by atoms with Gasteiger partial charge in [0.15, 0.2) is 5.76 Å². The van der Waals surface area contributed by atoms with Crippen LogP contribution in [0, 0.1) is 6.92 Å². The van der Waals surface area contributed by atoms with Crippen LogP contribution in [0.15, 0.2) is 65.3 Å². The summed E-state index contributed by atoms with van der Waals surface area (Å²) in [5.74, 6) is 0.0125. The zero-order valence-corrected chi connectivity index (χ0v) is 22.0. The van der Waals surface area contributed by atoms with Crippen molar-refractivity contribution < 1.29 is 23.5 Å². The van der Waals surface area contributed by atoms with E-state index >= 15 is 0 Å². The van der Waals surface area contributed by atoms with Crippen molar-refractivity contribution in [3.05, 3.63) is 77.7 Å². The number of carbonyl (C=O) groups excluding carboxylic acids is 2. The van der Waals surface area contributed by atoms with Crippen molar-refractivity contribution in [2.75, 3.05) is 43.2 Å². The summed E-state index contributed by atoms with van der Waals surface area (Å²) in [7, 11) is 1.56. The molecule has 2 heterocycles. The topological polar surface area (TPSA) is 84.2 Å². The van der Waals surface area contributed by atoms with E-state index in [1.165, 1.54) is 11.2 Å². The van der Waals surface area contributed by atoms with Crippen LogP contribution in [0.4, 0.5) is 11.4 Å². The quantitative estimate of drug-likeness (QED) is 0.459. The molecular formula is C30H35N3O5. The highest BCUT2D eigenvalue weighted by Crippen LogP contribution is 2.38. The largest absolute Gasteiger partial charge is 0.495 e. The molecular weight excluding hydrogens is 482 g/mol. The first-order valence-corrected chi connectivity index (χ1v) is 13.3. The number of benzene rings is 2. The normalized spacial score (nSPS) is 16.7. The highest BCUT2D eigenvalue weighted by Gasteiger charge is 2.37. The minimum atomic E-state index is -0.928. The monoisotopic (exact) mass is 517 g/mol. The number of hydrogen-bond donors (Lipinski definition) is 1. The fourth-order valence-corrected chi connectivity index (χ4v) is 5.33. The van der Waals surface area contributed by atoms with Gasteiger partial charge in [0.25, 0.3) is 5.91 Å². The first kappa shape index (κ1) is 25.9. The molecule has 2 aromatic carbocycles. The Morgan fingerprint density at radius 3 is 2.45 bits per heavy atom. The van der Waals surface area contributed by atoms with Crippen LogP contribution in [0.2, 0.25) is 0 Å². The number of nitrogens with one attached hydrogen (secondary N) is 1. The second kappa shape index (κ2) is 11.7. The Balaban J connectivity index is 1.59. The smallest absolute Gasteiger partial charge is 0.295 e. The summed E-state index contributed by atoms with van der Waals surface area (Å²) in [6.07, 6.45) is 5.52. The molecule has 8 nitrogen and oxygen atoms in total. The minimum Gasteiger partial charge on any atom is -0.495 e. The molecule has 8 heteroatoms. The lowest BCUT2D eigenvalue weighted by atomic mass is 10.0. The maximum atomic E-state index is 14.1. The fourth-order valence-electron chi connectivity index (χ4n) is 5.33. The van der Waals surface area contributed by atoms with Gasteiger partial charge in [-0.1, -0.05) is 31.0 Å². The van der Waals surface area contributed by atoms with Crippen LogP contribution in [-0.2, 0) is 9.53 Å². The van der Waals surface area contributed by atoms with E-state index in [1.54, 1.807) is 19.2 Å². The van der Waals surface area contributed by atoms with Gasteiger partial charge in [-0.25, -0.2) is 0 Å². The summed E-state index contributed by atoms with van der Waals surface area (Å²) in [4.78, 5) is 31.9. The first-order valence-electron chi connectivity index (χ1n) is 13.3. The summed E-state index contributed by atoms with van der Waals surface area (Å²) < 4.78 is 16.7. The lowest BCUT2D eigenvalue weighted by molar-refractivity contribution is -0.123. The molecule has 1 aromatic heterocycles. The zero-order valence-electron chi connectivity index (χ0n) is 22.0. The van der Waals surface area contributed by atoms with E-state index in [0.29, 0.717) is 30.2 Å². The molecule has 2 amide bonds. The van der Waals surface area contributed by atoms with Crippen molar-refractivity contribution in [1.29, 1.82) is 0 Å². The van der Waals surface area contributed by atoms with Crippen LogP contribution in [0.25, 0.3) is 0 Å². The Bertz CT molecular complexity index is 1230. The Labute approximate surface area is 223 Å². The molecule has 2 fully saturated rings. The van der Waals surface area contributed by atoms with Crippen LogP contribution in [0.1, 0.15) is 53.4 Å². The third-order valence-electron chi connectivity index (χ3n) is 7.34. The maximum Gasteiger partial charge on any atom is 0.295 e. The van der Waals surface area contributed by atoms with Crippen LogP contribution in [0.3, 0.4) is 0 Å². The van der Waals surface area contributed by atoms with Crippen LogP contribution in [0.5, 0.6) is 5.75 Å². The first-order chi connectivity index (χ1) is 18.5. The van der Waals surface area contributed by atoms with E-state index in [2.05, 4.69) is 10.2 Å². The fraction of sp³-hybridized carbons (Fsp3) is 0.400. The third kappa shape index (κ3) is 5.55.